The number of para-hydroxylation sites is 1. The summed E-state index contributed by atoms with van der Waals surface area (Å²) in [6, 6.07) is 15.3. The topological polar surface area (TPSA) is 57.3 Å². The molecule has 5 nitrogen and oxygen atoms in total. The summed E-state index contributed by atoms with van der Waals surface area (Å²) >= 11 is 0. The summed E-state index contributed by atoms with van der Waals surface area (Å²) in [5, 5.41) is 0.883. The second-order valence-corrected chi connectivity index (χ2v) is 5.30. The second kappa shape index (κ2) is 5.28. The van der Waals surface area contributed by atoms with Crippen LogP contribution in [-0.2, 0) is 6.54 Å². The van der Waals surface area contributed by atoms with Gasteiger partial charge in [-0.25, -0.2) is 9.78 Å². The van der Waals surface area contributed by atoms with E-state index in [9.17, 15) is 4.79 Å². The van der Waals surface area contributed by atoms with E-state index in [1.54, 1.807) is 19.5 Å². The highest BCUT2D eigenvalue weighted by Gasteiger charge is 2.13. The lowest BCUT2D eigenvalue weighted by atomic mass is 10.2. The molecule has 0 unspecified atom stereocenters. The molecule has 5 heteroatoms. The fourth-order valence-corrected chi connectivity index (χ4v) is 2.76. The van der Waals surface area contributed by atoms with Crippen molar-refractivity contribution in [2.75, 3.05) is 7.11 Å². The van der Waals surface area contributed by atoms with Gasteiger partial charge < -0.3 is 13.7 Å². The van der Waals surface area contributed by atoms with Crippen LogP contribution in [0.25, 0.3) is 22.0 Å². The zero-order valence-electron chi connectivity index (χ0n) is 12.5. The van der Waals surface area contributed by atoms with E-state index in [4.69, 9.17) is 9.15 Å². The Morgan fingerprint density at radius 2 is 1.91 bits per heavy atom. The van der Waals surface area contributed by atoms with Crippen LogP contribution >= 0.6 is 0 Å². The number of hydrogen-bond donors (Lipinski definition) is 0. The highest BCUT2D eigenvalue weighted by molar-refractivity contribution is 6.00. The van der Waals surface area contributed by atoms with E-state index in [1.807, 2.05) is 47.0 Å². The molecule has 0 radical (unpaired) electrons. The first-order valence-corrected chi connectivity index (χ1v) is 7.26. The van der Waals surface area contributed by atoms with Gasteiger partial charge in [0.05, 0.1) is 19.0 Å². The van der Waals surface area contributed by atoms with Crippen molar-refractivity contribution < 1.29 is 9.15 Å². The SMILES string of the molecule is COc1ccc(Cn2cnc3c(=O)oc4ccccc4c32)cc1. The van der Waals surface area contributed by atoms with Crippen molar-refractivity contribution >= 4 is 22.0 Å². The van der Waals surface area contributed by atoms with Crippen LogP contribution in [0.4, 0.5) is 0 Å². The normalized spacial score (nSPS) is 11.2. The van der Waals surface area contributed by atoms with E-state index >= 15 is 0 Å². The van der Waals surface area contributed by atoms with Crippen LogP contribution in [0.1, 0.15) is 5.56 Å². The number of aromatic nitrogens is 2. The lowest BCUT2D eigenvalue weighted by Gasteiger charge is -2.07. The maximum absolute atomic E-state index is 12.1. The van der Waals surface area contributed by atoms with Gasteiger partial charge in [-0.15, -0.1) is 0 Å². The van der Waals surface area contributed by atoms with Gasteiger partial charge in [-0.1, -0.05) is 24.3 Å². The zero-order valence-corrected chi connectivity index (χ0v) is 12.5. The largest absolute Gasteiger partial charge is 0.497 e. The van der Waals surface area contributed by atoms with E-state index in [0.717, 1.165) is 22.2 Å². The predicted octanol–water partition coefficient (Wildman–Crippen LogP) is 3.20. The Hall–Kier alpha value is -3.08. The molecule has 0 aliphatic carbocycles. The highest BCUT2D eigenvalue weighted by atomic mass is 16.5. The van der Waals surface area contributed by atoms with Crippen LogP contribution < -0.4 is 10.4 Å². The molecule has 2 aromatic carbocycles. The first-order chi connectivity index (χ1) is 11.3. The second-order valence-electron chi connectivity index (χ2n) is 5.30. The van der Waals surface area contributed by atoms with Gasteiger partial charge in [0.2, 0.25) is 0 Å². The van der Waals surface area contributed by atoms with E-state index in [0.29, 0.717) is 17.6 Å². The average Bonchev–Trinajstić information content (AvgIpc) is 3.00. The number of imidazole rings is 1. The molecule has 0 saturated heterocycles. The maximum atomic E-state index is 12.1. The summed E-state index contributed by atoms with van der Waals surface area (Å²) in [7, 11) is 1.64. The Morgan fingerprint density at radius 1 is 1.13 bits per heavy atom. The van der Waals surface area contributed by atoms with E-state index < -0.39 is 5.63 Å². The van der Waals surface area contributed by atoms with Crippen molar-refractivity contribution in [2.45, 2.75) is 6.54 Å². The Morgan fingerprint density at radius 3 is 2.70 bits per heavy atom. The molecule has 0 N–H and O–H groups in total. The molecule has 2 aromatic heterocycles. The summed E-state index contributed by atoms with van der Waals surface area (Å²) in [6.45, 7) is 0.619. The molecular formula is C18H14N2O3. The zero-order chi connectivity index (χ0) is 15.8. The molecule has 0 aliphatic rings. The monoisotopic (exact) mass is 306 g/mol. The molecule has 23 heavy (non-hydrogen) atoms. The van der Waals surface area contributed by atoms with Gasteiger partial charge in [0.25, 0.3) is 0 Å². The van der Waals surface area contributed by atoms with Crippen LogP contribution in [0.5, 0.6) is 5.75 Å². The summed E-state index contributed by atoms with van der Waals surface area (Å²) < 4.78 is 12.5. The molecule has 0 amide bonds. The third kappa shape index (κ3) is 2.26. The van der Waals surface area contributed by atoms with Gasteiger partial charge in [-0.2, -0.15) is 0 Å². The molecular weight excluding hydrogens is 292 g/mol. The highest BCUT2D eigenvalue weighted by Crippen LogP contribution is 2.23. The molecule has 0 spiro atoms. The molecule has 2 heterocycles. The minimum Gasteiger partial charge on any atom is -0.497 e. The summed E-state index contributed by atoms with van der Waals surface area (Å²) in [4.78, 5) is 16.3. The third-order valence-corrected chi connectivity index (χ3v) is 3.89. The fourth-order valence-electron chi connectivity index (χ4n) is 2.76. The number of benzene rings is 2. The fraction of sp³-hybridized carbons (Fsp3) is 0.111. The molecule has 0 saturated carbocycles. The summed E-state index contributed by atoms with van der Waals surface area (Å²) in [5.41, 5.74) is 2.42. The van der Waals surface area contributed by atoms with Crippen molar-refractivity contribution in [1.29, 1.82) is 0 Å². The van der Waals surface area contributed by atoms with Crippen molar-refractivity contribution in [3.05, 3.63) is 70.8 Å². The van der Waals surface area contributed by atoms with Crippen LogP contribution in [0.2, 0.25) is 0 Å². The molecule has 0 atom stereocenters. The van der Waals surface area contributed by atoms with Gasteiger partial charge in [-0.05, 0) is 29.8 Å². The van der Waals surface area contributed by atoms with Crippen LogP contribution in [0.3, 0.4) is 0 Å². The number of fused-ring (bicyclic) bond motifs is 3. The third-order valence-electron chi connectivity index (χ3n) is 3.89. The minimum absolute atomic E-state index is 0.359. The molecule has 0 aliphatic heterocycles. The van der Waals surface area contributed by atoms with Crippen LogP contribution in [0.15, 0.2) is 64.1 Å². The number of ether oxygens (including phenoxy) is 1. The standard InChI is InChI=1S/C18H14N2O3/c1-22-13-8-6-12(7-9-13)10-20-11-19-16-17(20)14-4-2-3-5-15(14)23-18(16)21/h2-9,11H,10H2,1H3. The van der Waals surface area contributed by atoms with E-state index in [1.165, 1.54) is 0 Å². The quantitative estimate of drug-likeness (QED) is 0.545. The lowest BCUT2D eigenvalue weighted by molar-refractivity contribution is 0.414. The van der Waals surface area contributed by atoms with Crippen molar-refractivity contribution in [2.24, 2.45) is 0 Å². The molecule has 114 valence electrons. The predicted molar refractivity (Wildman–Crippen MR) is 87.9 cm³/mol. The molecule has 4 aromatic rings. The van der Waals surface area contributed by atoms with Gasteiger partial charge in [0.1, 0.15) is 11.3 Å². The summed E-state index contributed by atoms with van der Waals surface area (Å²) in [6.07, 6.45) is 1.68. The molecule has 0 fully saturated rings. The first-order valence-electron chi connectivity index (χ1n) is 7.26. The minimum atomic E-state index is -0.410. The number of hydrogen-bond acceptors (Lipinski definition) is 4. The first kappa shape index (κ1) is 13.6. The summed E-state index contributed by atoms with van der Waals surface area (Å²) in [5.74, 6) is 0.815. The average molecular weight is 306 g/mol. The van der Waals surface area contributed by atoms with E-state index in [-0.39, 0.29) is 0 Å². The number of nitrogens with zero attached hydrogens (tertiary/aromatic N) is 2. The van der Waals surface area contributed by atoms with Crippen molar-refractivity contribution in [3.8, 4) is 5.75 Å². The number of rotatable bonds is 3. The van der Waals surface area contributed by atoms with E-state index in [2.05, 4.69) is 4.98 Å². The molecule has 0 bridgehead atoms. The van der Waals surface area contributed by atoms with Crippen molar-refractivity contribution in [1.82, 2.24) is 9.55 Å². The van der Waals surface area contributed by atoms with Gasteiger partial charge in [0.15, 0.2) is 5.52 Å². The smallest absolute Gasteiger partial charge is 0.364 e. The van der Waals surface area contributed by atoms with Crippen molar-refractivity contribution in [3.63, 3.8) is 0 Å². The number of methoxy groups -OCH3 is 1. The van der Waals surface area contributed by atoms with Gasteiger partial charge >= 0.3 is 5.63 Å². The Kier molecular flexibility index (Phi) is 3.12. The van der Waals surface area contributed by atoms with Gasteiger partial charge in [0, 0.05) is 11.9 Å². The maximum Gasteiger partial charge on any atom is 0.364 e. The van der Waals surface area contributed by atoms with Crippen LogP contribution in [0, 0.1) is 0 Å². The Labute approximate surface area is 131 Å². The Bertz CT molecular complexity index is 1050. The van der Waals surface area contributed by atoms with Crippen LogP contribution in [-0.4, -0.2) is 16.7 Å². The Balaban J connectivity index is 1.88. The molecule has 4 rings (SSSR count). The lowest BCUT2D eigenvalue weighted by Crippen LogP contribution is -2.03. The van der Waals surface area contributed by atoms with Gasteiger partial charge in [-0.3, -0.25) is 0 Å².